The summed E-state index contributed by atoms with van der Waals surface area (Å²) in [5.41, 5.74) is 7.97. The molecule has 0 amide bonds. The summed E-state index contributed by atoms with van der Waals surface area (Å²) in [7, 11) is 0. The third-order valence-electron chi connectivity index (χ3n) is 7.86. The number of terminal acetylenes is 1. The van der Waals surface area contributed by atoms with Gasteiger partial charge in [0.1, 0.15) is 0 Å². The minimum Gasteiger partial charge on any atom is -0.383 e. The Balaban J connectivity index is 1.48. The molecule has 7 nitrogen and oxygen atoms in total. The lowest BCUT2D eigenvalue weighted by molar-refractivity contribution is -0.195. The van der Waals surface area contributed by atoms with Crippen LogP contribution < -0.4 is 21.6 Å². The van der Waals surface area contributed by atoms with Crippen LogP contribution in [0.1, 0.15) is 50.8 Å². The summed E-state index contributed by atoms with van der Waals surface area (Å²) in [4.78, 5) is 8.97. The summed E-state index contributed by atoms with van der Waals surface area (Å²) < 4.78 is 42.0. The van der Waals surface area contributed by atoms with Gasteiger partial charge in [-0.25, -0.2) is 0 Å². The lowest BCUT2D eigenvalue weighted by atomic mass is 9.96. The predicted octanol–water partition coefficient (Wildman–Crippen LogP) is 7.94. The molecule has 4 N–H and O–H groups in total. The number of alkyl halides is 3. The number of rotatable bonds is 7. The minimum atomic E-state index is -4.41. The Morgan fingerprint density at radius 2 is 1.82 bits per heavy atom. The van der Waals surface area contributed by atoms with Crippen molar-refractivity contribution in [1.82, 2.24) is 25.9 Å². The highest BCUT2D eigenvalue weighted by Crippen LogP contribution is 2.54. The maximum absolute atomic E-state index is 14.0. The molecule has 1 aliphatic heterocycles. The van der Waals surface area contributed by atoms with Crippen LogP contribution >= 0.6 is 23.2 Å². The molecule has 1 fully saturated rings. The van der Waals surface area contributed by atoms with Gasteiger partial charge in [-0.05, 0) is 48.1 Å². The maximum Gasteiger partial charge on any atom is 0.413 e. The highest BCUT2D eigenvalue weighted by atomic mass is 35.5. The number of nitrogens with one attached hydrogen (secondary N) is 4. The van der Waals surface area contributed by atoms with Crippen LogP contribution in [0.25, 0.3) is 21.8 Å². The van der Waals surface area contributed by atoms with Crippen LogP contribution in [0.2, 0.25) is 10.0 Å². The largest absolute Gasteiger partial charge is 0.413 e. The molecule has 2 aromatic heterocycles. The van der Waals surface area contributed by atoms with E-state index in [4.69, 9.17) is 29.6 Å². The molecule has 0 radical (unpaired) electrons. The van der Waals surface area contributed by atoms with E-state index in [0.29, 0.717) is 50.0 Å². The first-order chi connectivity index (χ1) is 20.8. The van der Waals surface area contributed by atoms with E-state index >= 15 is 0 Å². The van der Waals surface area contributed by atoms with Gasteiger partial charge in [0.2, 0.25) is 0 Å². The van der Waals surface area contributed by atoms with Crippen LogP contribution in [0, 0.1) is 17.8 Å². The fourth-order valence-corrected chi connectivity index (χ4v) is 5.86. The van der Waals surface area contributed by atoms with Crippen LogP contribution in [-0.2, 0) is 0 Å². The van der Waals surface area contributed by atoms with E-state index in [-0.39, 0.29) is 18.3 Å². The number of anilines is 2. The van der Waals surface area contributed by atoms with Gasteiger partial charge in [-0.15, -0.1) is 12.0 Å². The Kier molecular flexibility index (Phi) is 7.47. The van der Waals surface area contributed by atoms with E-state index in [1.54, 1.807) is 30.6 Å². The summed E-state index contributed by atoms with van der Waals surface area (Å²) in [5, 5.41) is 10.4. The van der Waals surface area contributed by atoms with Crippen LogP contribution in [0.5, 0.6) is 0 Å². The average molecular weight is 641 g/mol. The molecule has 3 heterocycles. The van der Waals surface area contributed by atoms with Gasteiger partial charge in [0, 0.05) is 41.6 Å². The van der Waals surface area contributed by atoms with Gasteiger partial charge in [-0.1, -0.05) is 62.0 Å². The van der Waals surface area contributed by atoms with E-state index in [9.17, 15) is 13.2 Å². The Morgan fingerprint density at radius 3 is 2.50 bits per heavy atom. The molecule has 2 aromatic carbocycles. The molecule has 12 heteroatoms. The van der Waals surface area contributed by atoms with Crippen molar-refractivity contribution in [2.24, 2.45) is 5.41 Å². The normalized spacial score (nSPS) is 16.8. The Hall–Kier alpha value is -3.91. The zero-order valence-corrected chi connectivity index (χ0v) is 25.7. The average Bonchev–Trinajstić information content (AvgIpc) is 3.66. The first-order valence-electron chi connectivity index (χ1n) is 14.0. The van der Waals surface area contributed by atoms with Crippen molar-refractivity contribution in [2.75, 3.05) is 17.2 Å². The first-order valence-corrected chi connectivity index (χ1v) is 14.8. The standard InChI is InChI=1S/C32H30Cl2F3N7/c1-5-18-15-39-28-22(26(18)40-17-30(2,3)4)13-19(14-24(28)34)41-29(21-8-9-23(33)27-20(21)7-6-12-38-27)25-16-44(43-42-25)31(10-11-31)32(35,36)37/h1,6-9,12-16,29,41-43H,10-11,17H2,2-4H3,(H,39,40)/t29-/m0/s1. The molecule has 0 saturated heterocycles. The lowest BCUT2D eigenvalue weighted by Crippen LogP contribution is -2.52. The third kappa shape index (κ3) is 5.45. The van der Waals surface area contributed by atoms with Crippen molar-refractivity contribution in [3.05, 3.63) is 81.9 Å². The zero-order chi connectivity index (χ0) is 31.4. The Labute approximate surface area is 263 Å². The fourth-order valence-electron chi connectivity index (χ4n) is 5.38. The highest BCUT2D eigenvalue weighted by molar-refractivity contribution is 6.36. The number of hydrogen-bond acceptors (Lipinski definition) is 7. The molecule has 44 heavy (non-hydrogen) atoms. The van der Waals surface area contributed by atoms with Crippen molar-refractivity contribution < 1.29 is 13.2 Å². The second-order valence-electron chi connectivity index (χ2n) is 12.3. The summed E-state index contributed by atoms with van der Waals surface area (Å²) in [5.74, 6) is 2.70. The number of aromatic nitrogens is 2. The number of hydrogen-bond donors (Lipinski definition) is 4. The quantitative estimate of drug-likeness (QED) is 0.153. The van der Waals surface area contributed by atoms with Gasteiger partial charge in [-0.2, -0.15) is 13.2 Å². The van der Waals surface area contributed by atoms with E-state index in [1.807, 2.05) is 18.2 Å². The first kappa shape index (κ1) is 30.1. The van der Waals surface area contributed by atoms with Crippen LogP contribution in [0.3, 0.4) is 0 Å². The van der Waals surface area contributed by atoms with Gasteiger partial charge in [0.05, 0.1) is 44.1 Å². The fraction of sp³-hybridized carbons (Fsp3) is 0.312. The molecule has 6 rings (SSSR count). The number of nitrogens with zero attached hydrogens (tertiary/aromatic N) is 3. The van der Waals surface area contributed by atoms with Crippen molar-refractivity contribution in [3.8, 4) is 12.3 Å². The molecule has 0 unspecified atom stereocenters. The predicted molar refractivity (Wildman–Crippen MR) is 170 cm³/mol. The van der Waals surface area contributed by atoms with Crippen molar-refractivity contribution in [2.45, 2.75) is 51.4 Å². The molecule has 0 bridgehead atoms. The molecule has 4 aromatic rings. The molecule has 228 valence electrons. The monoisotopic (exact) mass is 639 g/mol. The van der Waals surface area contributed by atoms with E-state index in [1.165, 1.54) is 6.20 Å². The summed E-state index contributed by atoms with van der Waals surface area (Å²) in [6, 6.07) is 10.2. The third-order valence-corrected chi connectivity index (χ3v) is 8.46. The van der Waals surface area contributed by atoms with Gasteiger partial charge in [-0.3, -0.25) is 15.0 Å². The number of benzene rings is 2. The van der Waals surface area contributed by atoms with Crippen LogP contribution in [0.15, 0.2) is 60.7 Å². The highest BCUT2D eigenvalue weighted by Gasteiger charge is 2.67. The second-order valence-corrected chi connectivity index (χ2v) is 13.1. The topological polar surface area (TPSA) is 77.1 Å². The molecular formula is C32H30Cl2F3N7. The zero-order valence-electron chi connectivity index (χ0n) is 24.2. The van der Waals surface area contributed by atoms with Crippen molar-refractivity contribution in [3.63, 3.8) is 0 Å². The van der Waals surface area contributed by atoms with E-state index in [2.05, 4.69) is 58.3 Å². The SMILES string of the molecule is C#Cc1cnc2c(Cl)cc(N[C@H](C3=CN(C4(C(F)(F)F)CC4)NN3)c3ccc(Cl)c4ncccc34)cc2c1NCC(C)(C)C. The second kappa shape index (κ2) is 10.9. The number of hydrazine groups is 2. The molecular weight excluding hydrogens is 610 g/mol. The van der Waals surface area contributed by atoms with Gasteiger partial charge in [0.15, 0.2) is 5.54 Å². The smallest absolute Gasteiger partial charge is 0.383 e. The minimum absolute atomic E-state index is 0.00398. The maximum atomic E-state index is 14.0. The number of fused-ring (bicyclic) bond motifs is 2. The summed E-state index contributed by atoms with van der Waals surface area (Å²) in [6.07, 6.45) is 6.15. The molecule has 2 aliphatic rings. The van der Waals surface area contributed by atoms with E-state index in [0.717, 1.165) is 21.6 Å². The molecule has 1 atom stereocenters. The molecule has 1 saturated carbocycles. The van der Waals surface area contributed by atoms with E-state index < -0.39 is 17.8 Å². The van der Waals surface area contributed by atoms with Crippen LogP contribution in [-0.4, -0.2) is 33.2 Å². The summed E-state index contributed by atoms with van der Waals surface area (Å²) in [6.45, 7) is 6.97. The van der Waals surface area contributed by atoms with Gasteiger partial charge < -0.3 is 16.1 Å². The lowest BCUT2D eigenvalue weighted by Gasteiger charge is -2.28. The van der Waals surface area contributed by atoms with Gasteiger partial charge >= 0.3 is 6.18 Å². The van der Waals surface area contributed by atoms with Crippen molar-refractivity contribution in [1.29, 1.82) is 0 Å². The number of halogens is 5. The molecule has 0 spiro atoms. The van der Waals surface area contributed by atoms with Crippen LogP contribution in [0.4, 0.5) is 24.5 Å². The Bertz CT molecular complexity index is 1840. The van der Waals surface area contributed by atoms with Gasteiger partial charge in [0.25, 0.3) is 0 Å². The summed E-state index contributed by atoms with van der Waals surface area (Å²) >= 11 is 13.3. The van der Waals surface area contributed by atoms with Crippen molar-refractivity contribution >= 4 is 56.4 Å². The Morgan fingerprint density at radius 1 is 1.07 bits per heavy atom. The molecule has 1 aliphatic carbocycles. The number of pyridine rings is 2.